The van der Waals surface area contributed by atoms with E-state index in [-0.39, 0.29) is 10.6 Å². The van der Waals surface area contributed by atoms with Crippen molar-refractivity contribution in [3.63, 3.8) is 0 Å². The maximum absolute atomic E-state index is 10.6. The van der Waals surface area contributed by atoms with Crippen LogP contribution in [-0.2, 0) is 0 Å². The number of aliphatic hydroxyl groups is 1. The van der Waals surface area contributed by atoms with Crippen LogP contribution in [0.2, 0.25) is 0 Å². The fraction of sp³-hybridized carbons (Fsp3) is 0.600. The van der Waals surface area contributed by atoms with Crippen LogP contribution in [0.25, 0.3) is 0 Å². The molecule has 1 saturated heterocycles. The van der Waals surface area contributed by atoms with Crippen LogP contribution in [0.15, 0.2) is 24.3 Å². The molecule has 6 heteroatoms. The van der Waals surface area contributed by atoms with Crippen LogP contribution in [-0.4, -0.2) is 41.3 Å². The molecule has 0 spiro atoms. The van der Waals surface area contributed by atoms with Gasteiger partial charge >= 0.3 is 0 Å². The Kier molecular flexibility index (Phi) is 4.80. The number of nitro groups is 1. The van der Waals surface area contributed by atoms with Crippen LogP contribution in [0.1, 0.15) is 26.7 Å². The second-order valence-electron chi connectivity index (χ2n) is 6.23. The molecular formula is C15H23N3O3. The Bertz CT molecular complexity index is 474. The van der Waals surface area contributed by atoms with Crippen LogP contribution in [0.4, 0.5) is 11.4 Å². The molecule has 6 nitrogen and oxygen atoms in total. The minimum atomic E-state index is -0.685. The first-order valence-electron chi connectivity index (χ1n) is 7.30. The summed E-state index contributed by atoms with van der Waals surface area (Å²) in [5, 5.41) is 23.8. The summed E-state index contributed by atoms with van der Waals surface area (Å²) in [6.45, 7) is 6.02. The van der Waals surface area contributed by atoms with E-state index in [1.54, 1.807) is 26.0 Å². The van der Waals surface area contributed by atoms with Gasteiger partial charge in [-0.3, -0.25) is 10.1 Å². The number of benzene rings is 1. The van der Waals surface area contributed by atoms with Crippen molar-refractivity contribution < 1.29 is 10.0 Å². The summed E-state index contributed by atoms with van der Waals surface area (Å²) in [5.41, 5.74) is 0.470. The van der Waals surface area contributed by atoms with Gasteiger partial charge in [0.05, 0.1) is 10.5 Å². The molecule has 2 rings (SSSR count). The van der Waals surface area contributed by atoms with Gasteiger partial charge in [-0.05, 0) is 38.8 Å². The Labute approximate surface area is 124 Å². The quantitative estimate of drug-likeness (QED) is 0.640. The van der Waals surface area contributed by atoms with E-state index in [1.807, 2.05) is 12.1 Å². The zero-order valence-corrected chi connectivity index (χ0v) is 12.6. The molecule has 1 aliphatic rings. The lowest BCUT2D eigenvalue weighted by atomic mass is 10.0. The predicted molar refractivity (Wildman–Crippen MR) is 82.6 cm³/mol. The molecule has 0 atom stereocenters. The Morgan fingerprint density at radius 1 is 1.33 bits per heavy atom. The number of hydrogen-bond acceptors (Lipinski definition) is 5. The maximum Gasteiger partial charge on any atom is 0.269 e. The van der Waals surface area contributed by atoms with Gasteiger partial charge in [0.15, 0.2) is 0 Å². The zero-order chi connectivity index (χ0) is 15.5. The van der Waals surface area contributed by atoms with Crippen molar-refractivity contribution >= 4 is 11.4 Å². The molecule has 0 unspecified atom stereocenters. The third-order valence-electron chi connectivity index (χ3n) is 3.74. The van der Waals surface area contributed by atoms with Crippen LogP contribution < -0.4 is 10.2 Å². The molecule has 1 fully saturated rings. The normalized spacial score (nSPS) is 17.0. The van der Waals surface area contributed by atoms with E-state index in [1.165, 1.54) is 0 Å². The summed E-state index contributed by atoms with van der Waals surface area (Å²) in [5.74, 6) is 0. The smallest absolute Gasteiger partial charge is 0.269 e. The van der Waals surface area contributed by atoms with Crippen molar-refractivity contribution in [3.8, 4) is 0 Å². The predicted octanol–water partition coefficient (Wildman–Crippen LogP) is 1.92. The lowest BCUT2D eigenvalue weighted by molar-refractivity contribution is -0.384. The zero-order valence-electron chi connectivity index (χ0n) is 12.6. The van der Waals surface area contributed by atoms with Gasteiger partial charge < -0.3 is 15.3 Å². The van der Waals surface area contributed by atoms with Gasteiger partial charge in [-0.25, -0.2) is 0 Å². The van der Waals surface area contributed by atoms with Gasteiger partial charge in [-0.1, -0.05) is 0 Å². The van der Waals surface area contributed by atoms with Crippen molar-refractivity contribution in [2.75, 3.05) is 24.5 Å². The number of rotatable bonds is 5. The summed E-state index contributed by atoms with van der Waals surface area (Å²) in [6.07, 6.45) is 2.01. The molecule has 0 aromatic heterocycles. The van der Waals surface area contributed by atoms with Gasteiger partial charge in [-0.2, -0.15) is 0 Å². The Balaban J connectivity index is 1.84. The molecular weight excluding hydrogens is 270 g/mol. The molecule has 2 N–H and O–H groups in total. The van der Waals surface area contributed by atoms with Crippen molar-refractivity contribution in [3.05, 3.63) is 34.4 Å². The third-order valence-corrected chi connectivity index (χ3v) is 3.74. The fourth-order valence-electron chi connectivity index (χ4n) is 2.52. The fourth-order valence-corrected chi connectivity index (χ4v) is 2.52. The van der Waals surface area contributed by atoms with Crippen molar-refractivity contribution in [2.24, 2.45) is 0 Å². The van der Waals surface area contributed by atoms with Crippen molar-refractivity contribution in [2.45, 2.75) is 38.3 Å². The molecule has 116 valence electrons. The number of nitrogens with one attached hydrogen (secondary N) is 1. The second-order valence-corrected chi connectivity index (χ2v) is 6.23. The van der Waals surface area contributed by atoms with E-state index < -0.39 is 5.60 Å². The lowest BCUT2D eigenvalue weighted by Crippen LogP contribution is -2.46. The topological polar surface area (TPSA) is 78.6 Å². The summed E-state index contributed by atoms with van der Waals surface area (Å²) in [7, 11) is 0. The summed E-state index contributed by atoms with van der Waals surface area (Å²) >= 11 is 0. The van der Waals surface area contributed by atoms with Crippen molar-refractivity contribution in [1.82, 2.24) is 5.32 Å². The van der Waals surface area contributed by atoms with Crippen LogP contribution in [0.5, 0.6) is 0 Å². The number of nitrogens with zero attached hydrogens (tertiary/aromatic N) is 2. The first-order valence-corrected chi connectivity index (χ1v) is 7.30. The van der Waals surface area contributed by atoms with Crippen LogP contribution >= 0.6 is 0 Å². The molecule has 1 aromatic rings. The number of hydrogen-bond donors (Lipinski definition) is 2. The summed E-state index contributed by atoms with van der Waals surface area (Å²) in [4.78, 5) is 12.5. The number of anilines is 1. The van der Waals surface area contributed by atoms with Gasteiger partial charge in [-0.15, -0.1) is 0 Å². The Hall–Kier alpha value is -1.66. The lowest BCUT2D eigenvalue weighted by Gasteiger charge is -2.35. The second kappa shape index (κ2) is 6.41. The standard InChI is InChI=1S/C15H23N3O3/c1-15(2,19)11-16-12-7-9-17(10-8-12)13-3-5-14(6-4-13)18(20)21/h3-6,12,16,19H,7-11H2,1-2H3. The molecule has 0 radical (unpaired) electrons. The molecule has 1 aliphatic heterocycles. The van der Waals surface area contributed by atoms with E-state index in [4.69, 9.17) is 0 Å². The van der Waals surface area contributed by atoms with Gasteiger partial charge in [0.2, 0.25) is 0 Å². The Morgan fingerprint density at radius 2 is 1.90 bits per heavy atom. The largest absolute Gasteiger partial charge is 0.389 e. The minimum Gasteiger partial charge on any atom is -0.389 e. The van der Waals surface area contributed by atoms with Crippen LogP contribution in [0.3, 0.4) is 0 Å². The first kappa shape index (κ1) is 15.7. The summed E-state index contributed by atoms with van der Waals surface area (Å²) in [6, 6.07) is 7.14. The highest BCUT2D eigenvalue weighted by Gasteiger charge is 2.21. The third kappa shape index (κ3) is 4.68. The minimum absolute atomic E-state index is 0.125. The van der Waals surface area contributed by atoms with Gasteiger partial charge in [0.1, 0.15) is 0 Å². The molecule has 0 bridgehead atoms. The van der Waals surface area contributed by atoms with Crippen molar-refractivity contribution in [1.29, 1.82) is 0 Å². The number of nitro benzene ring substituents is 1. The van der Waals surface area contributed by atoms with E-state index in [0.29, 0.717) is 12.6 Å². The molecule has 1 aromatic carbocycles. The molecule has 0 aliphatic carbocycles. The highest BCUT2D eigenvalue weighted by molar-refractivity contribution is 5.51. The van der Waals surface area contributed by atoms with E-state index in [9.17, 15) is 15.2 Å². The van der Waals surface area contributed by atoms with E-state index >= 15 is 0 Å². The highest BCUT2D eigenvalue weighted by atomic mass is 16.6. The highest BCUT2D eigenvalue weighted by Crippen LogP contribution is 2.23. The number of piperidine rings is 1. The number of non-ortho nitro benzene ring substituents is 1. The van der Waals surface area contributed by atoms with E-state index in [0.717, 1.165) is 31.6 Å². The summed E-state index contributed by atoms with van der Waals surface area (Å²) < 4.78 is 0. The molecule has 21 heavy (non-hydrogen) atoms. The average Bonchev–Trinajstić information content (AvgIpc) is 2.45. The average molecular weight is 293 g/mol. The molecule has 0 saturated carbocycles. The SMILES string of the molecule is CC(C)(O)CNC1CCN(c2ccc([N+](=O)[O-])cc2)CC1. The first-order chi connectivity index (χ1) is 9.85. The molecule has 0 amide bonds. The molecule has 1 heterocycles. The van der Waals surface area contributed by atoms with Gasteiger partial charge in [0.25, 0.3) is 5.69 Å². The maximum atomic E-state index is 10.6. The Morgan fingerprint density at radius 3 is 2.38 bits per heavy atom. The monoisotopic (exact) mass is 293 g/mol. The van der Waals surface area contributed by atoms with Crippen LogP contribution in [0, 0.1) is 10.1 Å². The van der Waals surface area contributed by atoms with Gasteiger partial charge in [0, 0.05) is 43.5 Å². The van der Waals surface area contributed by atoms with E-state index in [2.05, 4.69) is 10.2 Å².